The number of hydrogen-bond acceptors (Lipinski definition) is 2. The van der Waals surface area contributed by atoms with E-state index in [0.717, 1.165) is 0 Å². The van der Waals surface area contributed by atoms with Crippen molar-refractivity contribution in [3.63, 3.8) is 0 Å². The summed E-state index contributed by atoms with van der Waals surface area (Å²) < 4.78 is 0. The maximum atomic E-state index is 9.63. The third-order valence-corrected chi connectivity index (χ3v) is 0.340. The molecule has 0 aromatic heterocycles. The fraction of sp³-hybridized carbons (Fsp3) is 0. The van der Waals surface area contributed by atoms with E-state index in [2.05, 4.69) is 25.7 Å². The van der Waals surface area contributed by atoms with Crippen LogP contribution in [-0.4, -0.2) is 6.03 Å². The van der Waals surface area contributed by atoms with E-state index in [9.17, 15) is 4.79 Å². The Morgan fingerprint density at radius 2 is 2.29 bits per heavy atom. The number of hydrogen-bond donors (Lipinski definition) is 3. The minimum absolute atomic E-state index is 0. The molecule has 4 N–H and O–H groups in total. The summed E-state index contributed by atoms with van der Waals surface area (Å²) in [5.74, 6) is 0. The molecule has 0 bridgehead atoms. The first-order valence-electron chi connectivity index (χ1n) is 1.28. The van der Waals surface area contributed by atoms with Crippen molar-refractivity contribution in [3.05, 3.63) is 0 Å². The quantitative estimate of drug-likeness (QED) is 0.201. The van der Waals surface area contributed by atoms with Crippen molar-refractivity contribution in [1.29, 1.82) is 0 Å². The molecule has 0 aliphatic carbocycles. The van der Waals surface area contributed by atoms with Gasteiger partial charge in [0.05, 0.1) is 0 Å². The van der Waals surface area contributed by atoms with E-state index in [0.29, 0.717) is 0 Å². The Bertz CT molecular complexity index is 63.2. The van der Waals surface area contributed by atoms with Crippen LogP contribution in [0.1, 0.15) is 1.43 Å². The summed E-state index contributed by atoms with van der Waals surface area (Å²) in [5.41, 5.74) is 6.64. The fourth-order valence-electron chi connectivity index (χ4n) is 0.0711. The van der Waals surface area contributed by atoms with Gasteiger partial charge in [0.15, 0.2) is 0 Å². The molecule has 0 aromatic rings. The maximum absolute atomic E-state index is 9.63. The first-order valence-corrected chi connectivity index (χ1v) is 1.86. The number of rotatable bonds is 1. The van der Waals surface area contributed by atoms with E-state index < -0.39 is 6.03 Å². The van der Waals surface area contributed by atoms with Gasteiger partial charge in [0.2, 0.25) is 0 Å². The molecule has 0 aromatic carbocycles. The van der Waals surface area contributed by atoms with Gasteiger partial charge in [-0.3, -0.25) is 5.43 Å². The van der Waals surface area contributed by atoms with Gasteiger partial charge in [-0.05, 0) is 9.39 Å². The first-order chi connectivity index (χ1) is 2.77. The first kappa shape index (κ1) is 11.1. The zero-order valence-corrected chi connectivity index (χ0v) is 8.34. The average Bonchev–Trinajstić information content (AvgIpc) is 1.35. The van der Waals surface area contributed by atoms with Gasteiger partial charge >= 0.3 is 57.4 Å². The normalized spacial score (nSPS) is 6.43. The van der Waals surface area contributed by atoms with Gasteiger partial charge in [-0.1, -0.05) is 0 Å². The Kier molecular flexibility index (Phi) is 11.6. The van der Waals surface area contributed by atoms with Crippen molar-refractivity contribution >= 4 is 15.4 Å². The molecule has 7 heavy (non-hydrogen) atoms. The van der Waals surface area contributed by atoms with E-state index in [1.165, 1.54) is 0 Å². The Hall–Kier alpha value is 1.30. The summed E-state index contributed by atoms with van der Waals surface area (Å²) in [4.78, 5) is 9.63. The summed E-state index contributed by atoms with van der Waals surface area (Å²) in [6.45, 7) is 0. The monoisotopic (exact) mass is 147 g/mol. The number of carbonyl (C=O) groups excluding carboxylic acids is 1. The van der Waals surface area contributed by atoms with Gasteiger partial charge < -0.3 is 7.16 Å². The SMILES string of the molecule is NC(=O)NNP.[H-].[K+]. The van der Waals surface area contributed by atoms with Crippen LogP contribution in [0.15, 0.2) is 0 Å². The molecule has 0 heterocycles. The Morgan fingerprint density at radius 3 is 2.29 bits per heavy atom. The third kappa shape index (κ3) is 11.1. The fourth-order valence-corrected chi connectivity index (χ4v) is 0.213. The molecule has 0 rings (SSSR count). The smallest absolute Gasteiger partial charge is 1.00 e. The van der Waals surface area contributed by atoms with Gasteiger partial charge in [-0.15, -0.1) is 0 Å². The maximum Gasteiger partial charge on any atom is 1.00 e. The number of hydrazine groups is 1. The van der Waals surface area contributed by atoms with E-state index in [1.54, 1.807) is 0 Å². The second kappa shape index (κ2) is 7.30. The van der Waals surface area contributed by atoms with Crippen molar-refractivity contribution in [2.24, 2.45) is 5.73 Å². The van der Waals surface area contributed by atoms with Crippen molar-refractivity contribution < 1.29 is 57.6 Å². The molecule has 4 nitrogen and oxygen atoms in total. The zero-order valence-electron chi connectivity index (χ0n) is 5.06. The molecular weight excluding hydrogens is 140 g/mol. The molecule has 0 saturated carbocycles. The van der Waals surface area contributed by atoms with Gasteiger partial charge in [-0.2, -0.15) is 0 Å². The van der Waals surface area contributed by atoms with E-state index >= 15 is 0 Å². The van der Waals surface area contributed by atoms with Crippen LogP contribution in [0.4, 0.5) is 4.79 Å². The standard InChI is InChI=1S/CH6N3OP.K.H/c2-1(5)3-4-6;;/h4H,6H2,(H3,2,3,5);;/q;+1;-1. The van der Waals surface area contributed by atoms with E-state index in [4.69, 9.17) is 0 Å². The molecule has 1 unspecified atom stereocenters. The summed E-state index contributed by atoms with van der Waals surface area (Å²) in [6.07, 6.45) is 0. The van der Waals surface area contributed by atoms with Crippen LogP contribution in [0, 0.1) is 0 Å². The molecule has 2 amide bonds. The summed E-state index contributed by atoms with van der Waals surface area (Å²) >= 11 is 0. The number of carbonyl (C=O) groups is 1. The second-order valence-electron chi connectivity index (χ2n) is 0.634. The number of primary amides is 1. The second-order valence-corrected chi connectivity index (χ2v) is 0.922. The van der Waals surface area contributed by atoms with Crippen LogP contribution in [-0.2, 0) is 0 Å². The molecule has 0 aliphatic heterocycles. The van der Waals surface area contributed by atoms with Gasteiger partial charge in [0.1, 0.15) is 0 Å². The molecule has 6 heteroatoms. The van der Waals surface area contributed by atoms with Crippen LogP contribution in [0.25, 0.3) is 0 Å². The number of nitrogens with two attached hydrogens (primary N) is 1. The van der Waals surface area contributed by atoms with Crippen molar-refractivity contribution in [2.45, 2.75) is 0 Å². The number of amides is 2. The van der Waals surface area contributed by atoms with Gasteiger partial charge in [0.25, 0.3) is 0 Å². The minimum Gasteiger partial charge on any atom is -1.00 e. The molecule has 0 aliphatic rings. The molecule has 38 valence electrons. The summed E-state index contributed by atoms with van der Waals surface area (Å²) in [5, 5.41) is 2.26. The molecule has 0 spiro atoms. The Labute approximate surface area is 88.1 Å². The topological polar surface area (TPSA) is 67.2 Å². The van der Waals surface area contributed by atoms with Crippen molar-refractivity contribution in [3.8, 4) is 0 Å². The molecule has 0 fully saturated rings. The van der Waals surface area contributed by atoms with Crippen LogP contribution in [0.3, 0.4) is 0 Å². The van der Waals surface area contributed by atoms with Crippen molar-refractivity contribution in [1.82, 2.24) is 10.6 Å². The molecule has 1 atom stereocenters. The zero-order chi connectivity index (χ0) is 4.99. The van der Waals surface area contributed by atoms with Crippen LogP contribution in [0.2, 0.25) is 0 Å². The Morgan fingerprint density at radius 1 is 1.86 bits per heavy atom. The molecule has 0 saturated heterocycles. The number of nitrogens with one attached hydrogen (secondary N) is 2. The Balaban J connectivity index is -0.000000125. The predicted octanol–water partition coefficient (Wildman–Crippen LogP) is -3.93. The van der Waals surface area contributed by atoms with Crippen LogP contribution < -0.4 is 67.7 Å². The van der Waals surface area contributed by atoms with E-state index in [1.807, 2.05) is 0 Å². The van der Waals surface area contributed by atoms with E-state index in [-0.39, 0.29) is 52.8 Å². The summed E-state index contributed by atoms with van der Waals surface area (Å²) in [6, 6.07) is -0.593. The minimum atomic E-state index is -0.593. The molecular formula is CH7KN3OP. The average molecular weight is 147 g/mol. The predicted molar refractivity (Wildman–Crippen MR) is 26.7 cm³/mol. The third-order valence-electron chi connectivity index (χ3n) is 0.195. The number of urea groups is 1. The van der Waals surface area contributed by atoms with Crippen LogP contribution >= 0.6 is 9.39 Å². The van der Waals surface area contributed by atoms with Gasteiger partial charge in [-0.25, -0.2) is 9.99 Å². The van der Waals surface area contributed by atoms with Crippen LogP contribution in [0.5, 0.6) is 0 Å². The summed E-state index contributed by atoms with van der Waals surface area (Å²) in [7, 11) is 2.06. The van der Waals surface area contributed by atoms with Gasteiger partial charge in [0, 0.05) is 0 Å². The largest absolute Gasteiger partial charge is 1.00 e. The molecule has 0 radical (unpaired) electrons. The van der Waals surface area contributed by atoms with Crippen molar-refractivity contribution in [2.75, 3.05) is 0 Å².